The van der Waals surface area contributed by atoms with Crippen LogP contribution in [0.4, 0.5) is 0 Å². The molecule has 2 atom stereocenters. The van der Waals surface area contributed by atoms with Crippen LogP contribution in [-0.2, 0) is 4.79 Å². The number of hydrogen-bond donors (Lipinski definition) is 0. The van der Waals surface area contributed by atoms with Gasteiger partial charge in [0.2, 0.25) is 0 Å². The molecule has 0 radical (unpaired) electrons. The Balaban J connectivity index is 1.90. The molecular weight excluding hydrogens is 431 g/mol. The van der Waals surface area contributed by atoms with E-state index < -0.39 is 11.8 Å². The summed E-state index contributed by atoms with van der Waals surface area (Å²) in [5, 5.41) is 11.0. The third-order valence-corrected chi connectivity index (χ3v) is 6.12. The maximum atomic E-state index is 12.6. The van der Waals surface area contributed by atoms with E-state index in [1.807, 2.05) is 0 Å². The van der Waals surface area contributed by atoms with Crippen molar-refractivity contribution in [1.29, 1.82) is 5.26 Å². The van der Waals surface area contributed by atoms with Gasteiger partial charge >= 0.3 is 0 Å². The van der Waals surface area contributed by atoms with Gasteiger partial charge < -0.3 is 4.42 Å². The fourth-order valence-corrected chi connectivity index (χ4v) is 4.78. The Morgan fingerprint density at radius 1 is 1.31 bits per heavy atom. The maximum absolute atomic E-state index is 12.6. The molecule has 0 fully saturated rings. The van der Waals surface area contributed by atoms with Gasteiger partial charge in [-0.1, -0.05) is 23.2 Å². The number of nitrogens with zero attached hydrogens (tertiary/aromatic N) is 2. The van der Waals surface area contributed by atoms with E-state index in [-0.39, 0.29) is 22.3 Å². The summed E-state index contributed by atoms with van der Waals surface area (Å²) in [6.45, 7) is 3.17. The number of thioether (sulfide) groups is 1. The zero-order chi connectivity index (χ0) is 21.1. The normalized spacial score (nSPS) is 18.9. The first-order valence-electron chi connectivity index (χ1n) is 8.67. The Morgan fingerprint density at radius 2 is 2.07 bits per heavy atom. The van der Waals surface area contributed by atoms with Gasteiger partial charge in [-0.15, -0.1) is 11.8 Å². The van der Waals surface area contributed by atoms with Crippen molar-refractivity contribution in [2.45, 2.75) is 19.8 Å². The molecule has 2 aromatic rings. The second-order valence-electron chi connectivity index (χ2n) is 6.44. The third-order valence-electron chi connectivity index (χ3n) is 4.53. The number of aliphatic imine (C=N–C) groups is 1. The second-order valence-corrected chi connectivity index (χ2v) is 8.28. The highest BCUT2D eigenvalue weighted by atomic mass is 35.5. The number of allylic oxidation sites excluding steroid dienone is 2. The average Bonchev–Trinajstić information content (AvgIpc) is 3.19. The molecular formula is C21H16Cl2N2O3S. The maximum Gasteiger partial charge on any atom is 0.174 e. The van der Waals surface area contributed by atoms with Gasteiger partial charge in [0.05, 0.1) is 34.1 Å². The van der Waals surface area contributed by atoms with Gasteiger partial charge in [-0.3, -0.25) is 9.59 Å². The summed E-state index contributed by atoms with van der Waals surface area (Å²) in [6.07, 6.45) is 1.50. The predicted octanol–water partition coefficient (Wildman–Crippen LogP) is 5.70. The quantitative estimate of drug-likeness (QED) is 0.549. The van der Waals surface area contributed by atoms with Crippen LogP contribution in [0.1, 0.15) is 35.9 Å². The first kappa shape index (κ1) is 21.4. The summed E-state index contributed by atoms with van der Waals surface area (Å²) in [5.41, 5.74) is 1.32. The van der Waals surface area contributed by atoms with Crippen LogP contribution in [0.15, 0.2) is 57.3 Å². The fourth-order valence-electron chi connectivity index (χ4n) is 3.26. The lowest BCUT2D eigenvalue weighted by atomic mass is 9.80. The number of Topliss-reactive ketones (excluding diaryl/α,β-unsaturated/α-hetero) is 2. The van der Waals surface area contributed by atoms with Crippen LogP contribution in [0, 0.1) is 17.2 Å². The molecule has 2 unspecified atom stereocenters. The highest BCUT2D eigenvalue weighted by molar-refractivity contribution is 8.14. The molecule has 0 N–H and O–H groups in total. The average molecular weight is 447 g/mol. The molecule has 0 saturated heterocycles. The van der Waals surface area contributed by atoms with E-state index in [0.29, 0.717) is 32.7 Å². The topological polar surface area (TPSA) is 83.4 Å². The van der Waals surface area contributed by atoms with Gasteiger partial charge in [0, 0.05) is 21.9 Å². The zero-order valence-electron chi connectivity index (χ0n) is 15.6. The summed E-state index contributed by atoms with van der Waals surface area (Å²) in [5.74, 6) is -1.11. The second kappa shape index (κ2) is 9.00. The van der Waals surface area contributed by atoms with Gasteiger partial charge in [-0.2, -0.15) is 5.26 Å². The summed E-state index contributed by atoms with van der Waals surface area (Å²) < 4.78 is 5.51. The van der Waals surface area contributed by atoms with E-state index in [0.717, 1.165) is 11.8 Å². The first-order valence-corrected chi connectivity index (χ1v) is 10.4. The molecule has 0 aliphatic carbocycles. The lowest BCUT2D eigenvalue weighted by Gasteiger charge is -2.27. The molecule has 0 saturated carbocycles. The largest absolute Gasteiger partial charge is 0.469 e. The van der Waals surface area contributed by atoms with Crippen LogP contribution in [0.5, 0.6) is 0 Å². The lowest BCUT2D eigenvalue weighted by molar-refractivity contribution is -0.114. The molecule has 1 aromatic heterocycles. The molecule has 8 heteroatoms. The molecule has 0 spiro atoms. The fraction of sp³-hybridized carbons (Fsp3) is 0.238. The number of hydrogen-bond acceptors (Lipinski definition) is 6. The van der Waals surface area contributed by atoms with Crippen molar-refractivity contribution in [2.75, 3.05) is 5.75 Å². The predicted molar refractivity (Wildman–Crippen MR) is 115 cm³/mol. The van der Waals surface area contributed by atoms with Crippen LogP contribution < -0.4 is 0 Å². The minimum atomic E-state index is -0.734. The van der Waals surface area contributed by atoms with Crippen LogP contribution in [0.2, 0.25) is 10.0 Å². The van der Waals surface area contributed by atoms with Crippen LogP contribution in [0.3, 0.4) is 0 Å². The SMILES string of the molecule is CC(=O)C1=C(C)N=C(SCC(=O)c2ccc(Cl)cc2Cl)C(C#N)C1c1ccco1. The molecule has 0 amide bonds. The number of benzene rings is 1. The molecule has 3 rings (SSSR count). The summed E-state index contributed by atoms with van der Waals surface area (Å²) in [7, 11) is 0. The van der Waals surface area contributed by atoms with Crippen LogP contribution in [0.25, 0.3) is 0 Å². The van der Waals surface area contributed by atoms with Crippen molar-refractivity contribution in [3.63, 3.8) is 0 Å². The van der Waals surface area contributed by atoms with Crippen molar-refractivity contribution >= 4 is 51.6 Å². The van der Waals surface area contributed by atoms with Gasteiger partial charge in [-0.25, -0.2) is 4.99 Å². The van der Waals surface area contributed by atoms with Gasteiger partial charge in [0.1, 0.15) is 11.7 Å². The van der Waals surface area contributed by atoms with Crippen LogP contribution >= 0.6 is 35.0 Å². The standard InChI is InChI=1S/C21H16Cl2N2O3S/c1-11-19(12(2)26)20(18-4-3-7-28-18)15(9-24)21(25-11)29-10-17(27)14-6-5-13(22)8-16(14)23/h3-8,15,20H,10H2,1-2H3. The van der Waals surface area contributed by atoms with Crippen molar-refractivity contribution in [3.05, 3.63) is 69.2 Å². The highest BCUT2D eigenvalue weighted by Gasteiger charge is 2.39. The molecule has 148 valence electrons. The summed E-state index contributed by atoms with van der Waals surface area (Å²) in [4.78, 5) is 29.3. The van der Waals surface area contributed by atoms with E-state index in [4.69, 9.17) is 27.6 Å². The number of ketones is 2. The Morgan fingerprint density at radius 3 is 2.66 bits per heavy atom. The van der Waals surface area contributed by atoms with Crippen molar-refractivity contribution < 1.29 is 14.0 Å². The Labute approximate surface area is 182 Å². The number of nitriles is 1. The monoisotopic (exact) mass is 446 g/mol. The molecule has 5 nitrogen and oxygen atoms in total. The molecule has 1 aliphatic rings. The van der Waals surface area contributed by atoms with E-state index in [1.54, 1.807) is 31.2 Å². The number of rotatable bonds is 5. The summed E-state index contributed by atoms with van der Waals surface area (Å²) in [6, 6.07) is 10.4. The Hall–Kier alpha value is -2.33. The summed E-state index contributed by atoms with van der Waals surface area (Å²) >= 11 is 13.2. The van der Waals surface area contributed by atoms with E-state index in [9.17, 15) is 14.9 Å². The van der Waals surface area contributed by atoms with Gasteiger partial charge in [0.15, 0.2) is 11.6 Å². The van der Waals surface area contributed by atoms with Crippen molar-refractivity contribution in [3.8, 4) is 6.07 Å². The minimum absolute atomic E-state index is 0.0475. The van der Waals surface area contributed by atoms with Crippen LogP contribution in [-0.4, -0.2) is 22.4 Å². The van der Waals surface area contributed by atoms with Gasteiger partial charge in [0.25, 0.3) is 0 Å². The number of carbonyl (C=O) groups is 2. The van der Waals surface area contributed by atoms with Gasteiger partial charge in [-0.05, 0) is 44.2 Å². The van der Waals surface area contributed by atoms with Crippen molar-refractivity contribution in [2.24, 2.45) is 10.9 Å². The first-order chi connectivity index (χ1) is 13.8. The Kier molecular flexibility index (Phi) is 6.63. The molecule has 1 aromatic carbocycles. The zero-order valence-corrected chi connectivity index (χ0v) is 17.9. The molecule has 0 bridgehead atoms. The number of halogens is 2. The molecule has 29 heavy (non-hydrogen) atoms. The number of carbonyl (C=O) groups excluding carboxylic acids is 2. The highest BCUT2D eigenvalue weighted by Crippen LogP contribution is 2.41. The Bertz CT molecular complexity index is 1070. The third kappa shape index (κ3) is 4.48. The number of furan rings is 1. The smallest absolute Gasteiger partial charge is 0.174 e. The van der Waals surface area contributed by atoms with Crippen molar-refractivity contribution in [1.82, 2.24) is 0 Å². The molecule has 1 aliphatic heterocycles. The molecule has 2 heterocycles. The van der Waals surface area contributed by atoms with E-state index >= 15 is 0 Å². The minimum Gasteiger partial charge on any atom is -0.469 e. The van der Waals surface area contributed by atoms with E-state index in [2.05, 4.69) is 11.1 Å². The van der Waals surface area contributed by atoms with E-state index in [1.165, 1.54) is 19.3 Å². The lowest BCUT2D eigenvalue weighted by Crippen LogP contribution is -2.28.